The molecule has 0 radical (unpaired) electrons. The van der Waals surface area contributed by atoms with Gasteiger partial charge < -0.3 is 15.2 Å². The molecule has 0 amide bonds. The molecule has 3 rings (SSSR count). The van der Waals surface area contributed by atoms with Crippen molar-refractivity contribution in [3.8, 4) is 5.75 Å². The van der Waals surface area contributed by atoms with Gasteiger partial charge in [0.2, 0.25) is 5.70 Å². The average molecular weight is 426 g/mol. The van der Waals surface area contributed by atoms with Gasteiger partial charge in [0.25, 0.3) is 0 Å². The largest absolute Gasteiger partial charge is 0.867 e. The zero-order valence-corrected chi connectivity index (χ0v) is 17.0. The van der Waals surface area contributed by atoms with Crippen molar-refractivity contribution in [1.82, 2.24) is 5.32 Å². The average Bonchev–Trinajstić information content (AvgIpc) is 2.73. The van der Waals surface area contributed by atoms with Crippen LogP contribution in [0.1, 0.15) is 16.7 Å². The van der Waals surface area contributed by atoms with Gasteiger partial charge in [0.05, 0.1) is 0 Å². The fraction of sp³-hybridized carbons (Fsp3) is 0.130. The minimum atomic E-state index is -2.92. The number of thiocarbonyl (C=S) groups is 1. The molecule has 0 aliphatic carbocycles. The van der Waals surface area contributed by atoms with Crippen molar-refractivity contribution < 1.29 is 23.2 Å². The Kier molecular flexibility index (Phi) is 7.08. The van der Waals surface area contributed by atoms with E-state index in [1.54, 1.807) is 17.0 Å². The Bertz CT molecular complexity index is 1040. The standard InChI is InChI=1S/C23H20F2N2O2S/c1-16-6-5-13-27(15-16)20(22(30)26-14-17-7-3-2-4-8-17)21(28)18-9-11-19(12-10-18)29-23(24)25/h2-13,15,23H,14H2,1H3,(H-,26,28,30). The summed E-state index contributed by atoms with van der Waals surface area (Å²) < 4.78 is 30.8. The van der Waals surface area contributed by atoms with Crippen molar-refractivity contribution in [2.24, 2.45) is 0 Å². The predicted molar refractivity (Wildman–Crippen MR) is 113 cm³/mol. The van der Waals surface area contributed by atoms with E-state index in [4.69, 9.17) is 12.2 Å². The van der Waals surface area contributed by atoms with E-state index >= 15 is 0 Å². The van der Waals surface area contributed by atoms with Crippen LogP contribution in [0.4, 0.5) is 8.78 Å². The number of halogens is 2. The molecule has 4 nitrogen and oxygen atoms in total. The minimum absolute atomic E-state index is 0.0175. The molecular formula is C23H20F2N2O2S. The Morgan fingerprint density at radius 2 is 1.77 bits per heavy atom. The third-order valence-electron chi connectivity index (χ3n) is 4.27. The molecule has 2 aromatic carbocycles. The van der Waals surface area contributed by atoms with Gasteiger partial charge in [-0.15, -0.1) is 0 Å². The highest BCUT2D eigenvalue weighted by atomic mass is 32.1. The number of alkyl halides is 2. The van der Waals surface area contributed by atoms with E-state index < -0.39 is 6.61 Å². The number of benzene rings is 2. The van der Waals surface area contributed by atoms with Crippen LogP contribution in [-0.2, 0) is 6.54 Å². The highest BCUT2D eigenvalue weighted by Gasteiger charge is 2.19. The van der Waals surface area contributed by atoms with Crippen molar-refractivity contribution >= 4 is 28.7 Å². The highest BCUT2D eigenvalue weighted by Crippen LogP contribution is 2.20. The lowest BCUT2D eigenvalue weighted by Gasteiger charge is -2.17. The number of rotatable bonds is 7. The molecule has 154 valence electrons. The summed E-state index contributed by atoms with van der Waals surface area (Å²) in [7, 11) is 0. The second-order valence-electron chi connectivity index (χ2n) is 6.54. The van der Waals surface area contributed by atoms with Gasteiger partial charge in [0, 0.05) is 18.2 Å². The monoisotopic (exact) mass is 426 g/mol. The Hall–Kier alpha value is -3.32. The number of pyridine rings is 1. The Morgan fingerprint density at radius 3 is 2.40 bits per heavy atom. The van der Waals surface area contributed by atoms with Crippen LogP contribution in [0.25, 0.3) is 11.5 Å². The topological polar surface area (TPSA) is 48.2 Å². The summed E-state index contributed by atoms with van der Waals surface area (Å²) >= 11 is 5.55. The number of aromatic nitrogens is 1. The summed E-state index contributed by atoms with van der Waals surface area (Å²) in [6, 6.07) is 19.0. The molecule has 7 heteroatoms. The first-order valence-corrected chi connectivity index (χ1v) is 9.62. The Labute approximate surface area is 179 Å². The maximum atomic E-state index is 13.3. The second kappa shape index (κ2) is 9.93. The molecular weight excluding hydrogens is 406 g/mol. The normalized spacial score (nSPS) is 11.7. The minimum Gasteiger partial charge on any atom is -0.867 e. The van der Waals surface area contributed by atoms with Gasteiger partial charge in [0.1, 0.15) is 5.75 Å². The van der Waals surface area contributed by atoms with Crippen molar-refractivity contribution in [1.29, 1.82) is 0 Å². The number of nitrogens with one attached hydrogen (secondary N) is 1. The summed E-state index contributed by atoms with van der Waals surface area (Å²) in [4.78, 5) is 0.285. The molecule has 0 bridgehead atoms. The van der Waals surface area contributed by atoms with Crippen molar-refractivity contribution in [3.63, 3.8) is 0 Å². The Morgan fingerprint density at radius 1 is 1.07 bits per heavy atom. The van der Waals surface area contributed by atoms with Gasteiger partial charge in [-0.1, -0.05) is 54.7 Å². The van der Waals surface area contributed by atoms with Crippen molar-refractivity contribution in [2.45, 2.75) is 20.1 Å². The van der Waals surface area contributed by atoms with E-state index in [2.05, 4.69) is 10.1 Å². The van der Waals surface area contributed by atoms with Crippen LogP contribution >= 0.6 is 12.2 Å². The predicted octanol–water partition coefficient (Wildman–Crippen LogP) is 3.69. The number of nitrogens with zero attached hydrogens (tertiary/aromatic N) is 1. The lowest BCUT2D eigenvalue weighted by atomic mass is 10.1. The molecule has 1 aromatic heterocycles. The Balaban J connectivity index is 1.94. The van der Waals surface area contributed by atoms with E-state index in [0.29, 0.717) is 12.1 Å². The summed E-state index contributed by atoms with van der Waals surface area (Å²) in [6.07, 6.45) is 3.54. The second-order valence-corrected chi connectivity index (χ2v) is 6.95. The van der Waals surface area contributed by atoms with E-state index in [9.17, 15) is 13.9 Å². The summed E-state index contributed by atoms with van der Waals surface area (Å²) in [6.45, 7) is -0.550. The molecule has 30 heavy (non-hydrogen) atoms. The maximum absolute atomic E-state index is 13.3. The zero-order valence-electron chi connectivity index (χ0n) is 16.2. The molecule has 0 aliphatic rings. The molecule has 1 N–H and O–H groups in total. The quantitative estimate of drug-likeness (QED) is 0.271. The number of hydrogen-bond donors (Lipinski definition) is 1. The van der Waals surface area contributed by atoms with Gasteiger partial charge in [-0.05, 0) is 42.0 Å². The molecule has 0 saturated carbocycles. The zero-order chi connectivity index (χ0) is 21.5. The molecule has 0 fully saturated rings. The molecule has 0 saturated heterocycles. The van der Waals surface area contributed by atoms with Crippen molar-refractivity contribution in [3.05, 3.63) is 95.8 Å². The number of aryl methyl sites for hydroxylation is 1. The number of ether oxygens (including phenoxy) is 1. The fourth-order valence-corrected chi connectivity index (χ4v) is 3.13. The van der Waals surface area contributed by atoms with Gasteiger partial charge in [-0.25, -0.2) is 0 Å². The third kappa shape index (κ3) is 5.61. The smallest absolute Gasteiger partial charge is 0.387 e. The van der Waals surface area contributed by atoms with Gasteiger partial charge in [-0.3, -0.25) is 0 Å². The van der Waals surface area contributed by atoms with E-state index in [1.165, 1.54) is 24.3 Å². The molecule has 1 heterocycles. The van der Waals surface area contributed by atoms with Crippen LogP contribution in [0.5, 0.6) is 5.75 Å². The first-order valence-electron chi connectivity index (χ1n) is 9.21. The maximum Gasteiger partial charge on any atom is 0.387 e. The highest BCUT2D eigenvalue weighted by molar-refractivity contribution is 7.81. The van der Waals surface area contributed by atoms with Crippen LogP contribution in [0.3, 0.4) is 0 Å². The van der Waals surface area contributed by atoms with Crippen molar-refractivity contribution in [2.75, 3.05) is 0 Å². The summed E-state index contributed by atoms with van der Waals surface area (Å²) in [5.41, 5.74) is 2.56. The fourth-order valence-electron chi connectivity index (χ4n) is 2.86. The molecule has 3 aromatic rings. The van der Waals surface area contributed by atoms with Crippen LogP contribution in [0.2, 0.25) is 0 Å². The summed E-state index contributed by atoms with van der Waals surface area (Å²) in [5.74, 6) is -0.351. The van der Waals surface area contributed by atoms with E-state index in [-0.39, 0.29) is 22.2 Å². The molecule has 0 spiro atoms. The van der Waals surface area contributed by atoms with E-state index in [0.717, 1.165) is 11.1 Å². The molecule has 0 aliphatic heterocycles. The lowest BCUT2D eigenvalue weighted by molar-refractivity contribution is -0.578. The van der Waals surface area contributed by atoms with Crippen LogP contribution in [0, 0.1) is 6.92 Å². The molecule has 0 unspecified atom stereocenters. The first-order chi connectivity index (χ1) is 14.4. The first kappa shape index (κ1) is 21.4. The van der Waals surface area contributed by atoms with E-state index in [1.807, 2.05) is 49.4 Å². The van der Waals surface area contributed by atoms with Crippen LogP contribution in [0.15, 0.2) is 79.1 Å². The van der Waals surface area contributed by atoms with Gasteiger partial charge in [-0.2, -0.15) is 13.3 Å². The van der Waals surface area contributed by atoms with Crippen LogP contribution < -0.4 is 19.7 Å². The number of hydrogen-bond acceptors (Lipinski definition) is 3. The SMILES string of the molecule is Cc1ccc[n+](/C(C(=S)NCc2ccccc2)=C(/[O-])c2ccc(OC(F)F)cc2)c1. The molecule has 0 atom stereocenters. The van der Waals surface area contributed by atoms with Gasteiger partial charge >= 0.3 is 6.61 Å². The van der Waals surface area contributed by atoms with Crippen LogP contribution in [-0.4, -0.2) is 11.6 Å². The third-order valence-corrected chi connectivity index (χ3v) is 4.61. The van der Waals surface area contributed by atoms with Gasteiger partial charge in [0.15, 0.2) is 17.4 Å². The lowest BCUT2D eigenvalue weighted by Crippen LogP contribution is -2.42. The summed E-state index contributed by atoms with van der Waals surface area (Å²) in [5, 5.41) is 16.4.